The summed E-state index contributed by atoms with van der Waals surface area (Å²) in [5.41, 5.74) is 0.792. The van der Waals surface area contributed by atoms with Crippen LogP contribution < -0.4 is 4.74 Å². The zero-order valence-electron chi connectivity index (χ0n) is 11.2. The predicted octanol–water partition coefficient (Wildman–Crippen LogP) is 1.90. The van der Waals surface area contributed by atoms with E-state index in [0.717, 1.165) is 5.56 Å². The van der Waals surface area contributed by atoms with Gasteiger partial charge in [0.2, 0.25) is 0 Å². The summed E-state index contributed by atoms with van der Waals surface area (Å²) in [5, 5.41) is 19.1. The van der Waals surface area contributed by atoms with Gasteiger partial charge in [-0.2, -0.15) is 0 Å². The second kappa shape index (κ2) is 7.36. The number of benzene rings is 1. The van der Waals surface area contributed by atoms with E-state index in [-0.39, 0.29) is 19.3 Å². The van der Waals surface area contributed by atoms with E-state index < -0.39 is 12.2 Å². The number of aliphatic hydroxyl groups is 2. The van der Waals surface area contributed by atoms with E-state index in [1.807, 2.05) is 26.0 Å². The molecule has 0 bridgehead atoms. The maximum atomic E-state index is 9.64. The first kappa shape index (κ1) is 15.0. The fourth-order valence-corrected chi connectivity index (χ4v) is 1.41. The largest absolute Gasteiger partial charge is 0.491 e. The van der Waals surface area contributed by atoms with E-state index in [0.29, 0.717) is 5.75 Å². The van der Waals surface area contributed by atoms with Crippen LogP contribution in [0.4, 0.5) is 0 Å². The van der Waals surface area contributed by atoms with Crippen LogP contribution in [0.5, 0.6) is 5.75 Å². The summed E-state index contributed by atoms with van der Waals surface area (Å²) >= 11 is 0. The number of ether oxygens (including phenoxy) is 2. The zero-order chi connectivity index (χ0) is 13.5. The molecule has 0 radical (unpaired) electrons. The molecule has 0 fully saturated rings. The van der Waals surface area contributed by atoms with Crippen LogP contribution in [0.25, 0.3) is 0 Å². The van der Waals surface area contributed by atoms with Crippen LogP contribution in [0, 0.1) is 0 Å². The van der Waals surface area contributed by atoms with Gasteiger partial charge in [0.15, 0.2) is 0 Å². The van der Waals surface area contributed by atoms with Gasteiger partial charge in [-0.1, -0.05) is 12.1 Å². The molecule has 102 valence electrons. The second-order valence-electron chi connectivity index (χ2n) is 4.60. The Bertz CT molecular complexity index is 349. The fraction of sp³-hybridized carbons (Fsp3) is 0.571. The molecular weight excluding hydrogens is 232 g/mol. The van der Waals surface area contributed by atoms with E-state index in [1.54, 1.807) is 19.1 Å². The summed E-state index contributed by atoms with van der Waals surface area (Å²) in [6.45, 7) is 5.97. The van der Waals surface area contributed by atoms with Gasteiger partial charge in [0.1, 0.15) is 18.5 Å². The van der Waals surface area contributed by atoms with Gasteiger partial charge in [-0.15, -0.1) is 0 Å². The van der Waals surface area contributed by atoms with Gasteiger partial charge < -0.3 is 19.7 Å². The average molecular weight is 254 g/mol. The first-order valence-corrected chi connectivity index (χ1v) is 6.19. The highest BCUT2D eigenvalue weighted by Crippen LogP contribution is 2.18. The van der Waals surface area contributed by atoms with Gasteiger partial charge in [-0.3, -0.25) is 0 Å². The molecule has 0 aliphatic carbocycles. The third-order valence-corrected chi connectivity index (χ3v) is 2.40. The van der Waals surface area contributed by atoms with Crippen molar-refractivity contribution in [3.8, 4) is 5.75 Å². The Kier molecular flexibility index (Phi) is 6.12. The van der Waals surface area contributed by atoms with Crippen molar-refractivity contribution in [3.05, 3.63) is 29.8 Å². The number of hydrogen-bond acceptors (Lipinski definition) is 4. The van der Waals surface area contributed by atoms with Gasteiger partial charge >= 0.3 is 0 Å². The highest BCUT2D eigenvalue weighted by Gasteiger charge is 2.08. The van der Waals surface area contributed by atoms with Crippen molar-refractivity contribution in [1.82, 2.24) is 0 Å². The van der Waals surface area contributed by atoms with E-state index in [2.05, 4.69) is 0 Å². The lowest BCUT2D eigenvalue weighted by Crippen LogP contribution is -2.25. The molecule has 0 heterocycles. The molecule has 2 atom stereocenters. The molecule has 18 heavy (non-hydrogen) atoms. The summed E-state index contributed by atoms with van der Waals surface area (Å²) in [5.74, 6) is 0.636. The molecule has 0 aliphatic heterocycles. The SMILES string of the molecule is CC(C)OCC(O)COc1cccc([C@@H](C)O)c1. The van der Waals surface area contributed by atoms with Crippen molar-refractivity contribution in [2.24, 2.45) is 0 Å². The lowest BCUT2D eigenvalue weighted by molar-refractivity contribution is -0.0123. The molecule has 0 saturated carbocycles. The number of hydrogen-bond donors (Lipinski definition) is 2. The van der Waals surface area contributed by atoms with Gasteiger partial charge in [0.25, 0.3) is 0 Å². The topological polar surface area (TPSA) is 58.9 Å². The Hall–Kier alpha value is -1.10. The van der Waals surface area contributed by atoms with Gasteiger partial charge in [0, 0.05) is 0 Å². The second-order valence-corrected chi connectivity index (χ2v) is 4.60. The van der Waals surface area contributed by atoms with Crippen molar-refractivity contribution in [1.29, 1.82) is 0 Å². The minimum Gasteiger partial charge on any atom is -0.491 e. The average Bonchev–Trinajstić information content (AvgIpc) is 2.34. The van der Waals surface area contributed by atoms with Crippen molar-refractivity contribution in [2.45, 2.75) is 39.1 Å². The minimum absolute atomic E-state index is 0.0956. The normalized spacial score (nSPS) is 14.6. The van der Waals surface area contributed by atoms with Crippen LogP contribution in [-0.2, 0) is 4.74 Å². The maximum Gasteiger partial charge on any atom is 0.119 e. The highest BCUT2D eigenvalue weighted by atomic mass is 16.5. The van der Waals surface area contributed by atoms with E-state index in [9.17, 15) is 10.2 Å². The first-order valence-electron chi connectivity index (χ1n) is 6.19. The van der Waals surface area contributed by atoms with Crippen molar-refractivity contribution < 1.29 is 19.7 Å². The maximum absolute atomic E-state index is 9.64. The Labute approximate surface area is 108 Å². The Morgan fingerprint density at radius 1 is 1.11 bits per heavy atom. The minimum atomic E-state index is -0.650. The predicted molar refractivity (Wildman–Crippen MR) is 69.7 cm³/mol. The van der Waals surface area contributed by atoms with Crippen molar-refractivity contribution >= 4 is 0 Å². The molecule has 1 rings (SSSR count). The third-order valence-electron chi connectivity index (χ3n) is 2.40. The number of rotatable bonds is 7. The molecule has 0 amide bonds. The van der Waals surface area contributed by atoms with Crippen LogP contribution in [0.3, 0.4) is 0 Å². The molecular formula is C14H22O4. The van der Waals surface area contributed by atoms with Crippen LogP contribution in [0.2, 0.25) is 0 Å². The van der Waals surface area contributed by atoms with E-state index in [1.165, 1.54) is 0 Å². The quantitative estimate of drug-likeness (QED) is 0.780. The molecule has 0 saturated heterocycles. The Morgan fingerprint density at radius 2 is 1.83 bits per heavy atom. The van der Waals surface area contributed by atoms with Crippen LogP contribution in [0.15, 0.2) is 24.3 Å². The molecule has 1 unspecified atom stereocenters. The molecule has 0 aliphatic rings. The van der Waals surface area contributed by atoms with Crippen LogP contribution in [0.1, 0.15) is 32.4 Å². The third kappa shape index (κ3) is 5.49. The lowest BCUT2D eigenvalue weighted by Gasteiger charge is -2.15. The van der Waals surface area contributed by atoms with E-state index >= 15 is 0 Å². The van der Waals surface area contributed by atoms with Gasteiger partial charge in [0.05, 0.1) is 18.8 Å². The van der Waals surface area contributed by atoms with Crippen LogP contribution in [-0.4, -0.2) is 35.6 Å². The standard InChI is InChI=1S/C14H22O4/c1-10(2)17-8-13(16)9-18-14-6-4-5-12(7-14)11(3)15/h4-7,10-11,13,15-16H,8-9H2,1-3H3/t11-,13?/m1/s1. The monoisotopic (exact) mass is 254 g/mol. The van der Waals surface area contributed by atoms with Crippen LogP contribution >= 0.6 is 0 Å². The Balaban J connectivity index is 2.40. The lowest BCUT2D eigenvalue weighted by atomic mass is 10.1. The van der Waals surface area contributed by atoms with Gasteiger partial charge in [-0.25, -0.2) is 0 Å². The van der Waals surface area contributed by atoms with Crippen molar-refractivity contribution in [3.63, 3.8) is 0 Å². The first-order chi connectivity index (χ1) is 8.49. The highest BCUT2D eigenvalue weighted by molar-refractivity contribution is 5.29. The summed E-state index contributed by atoms with van der Waals surface area (Å²) in [4.78, 5) is 0. The summed E-state index contributed by atoms with van der Waals surface area (Å²) in [7, 11) is 0. The van der Waals surface area contributed by atoms with Gasteiger partial charge in [-0.05, 0) is 38.5 Å². The molecule has 0 spiro atoms. The van der Waals surface area contributed by atoms with E-state index in [4.69, 9.17) is 9.47 Å². The molecule has 1 aromatic carbocycles. The summed E-state index contributed by atoms with van der Waals surface area (Å²) in [6, 6.07) is 7.20. The van der Waals surface area contributed by atoms with Crippen molar-refractivity contribution in [2.75, 3.05) is 13.2 Å². The zero-order valence-corrected chi connectivity index (χ0v) is 11.2. The summed E-state index contributed by atoms with van der Waals surface area (Å²) in [6.07, 6.45) is -1.08. The fourth-order valence-electron chi connectivity index (χ4n) is 1.41. The molecule has 1 aromatic rings. The molecule has 4 heteroatoms. The number of aliphatic hydroxyl groups excluding tert-OH is 2. The summed E-state index contributed by atoms with van der Waals surface area (Å²) < 4.78 is 10.7. The molecule has 4 nitrogen and oxygen atoms in total. The molecule has 0 aromatic heterocycles. The molecule has 2 N–H and O–H groups in total. The smallest absolute Gasteiger partial charge is 0.119 e. The Morgan fingerprint density at radius 3 is 2.44 bits per heavy atom.